The summed E-state index contributed by atoms with van der Waals surface area (Å²) in [6, 6.07) is 43.3. The van der Waals surface area contributed by atoms with Gasteiger partial charge in [-0.3, -0.25) is 0 Å². The fourth-order valence-corrected chi connectivity index (χ4v) is 5.86. The zero-order chi connectivity index (χ0) is 29.4. The van der Waals surface area contributed by atoms with Crippen LogP contribution in [0.4, 0.5) is 22.7 Å². The van der Waals surface area contributed by atoms with Crippen LogP contribution in [0, 0.1) is 6.07 Å². The molecule has 0 radical (unpaired) electrons. The Labute approximate surface area is 256 Å². The summed E-state index contributed by atoms with van der Waals surface area (Å²) in [6.07, 6.45) is -0.278. The fourth-order valence-electron chi connectivity index (χ4n) is 5.06. The average Bonchev–Trinajstić information content (AvgIpc) is 3.30. The molecule has 2 N–H and O–H groups in total. The van der Waals surface area contributed by atoms with Gasteiger partial charge in [0.15, 0.2) is 0 Å². The number of aliphatic hydroxyl groups is 2. The predicted molar refractivity (Wildman–Crippen MR) is 171 cm³/mol. The Morgan fingerprint density at radius 1 is 0.683 bits per heavy atom. The second kappa shape index (κ2) is 14.5. The Bertz CT molecular complexity index is 1250. The first-order valence-electron chi connectivity index (χ1n) is 13.8. The molecule has 0 saturated carbocycles. The van der Waals surface area contributed by atoms with Crippen LogP contribution >= 0.6 is 0 Å². The normalized spacial score (nSPS) is 14.4. The summed E-state index contributed by atoms with van der Waals surface area (Å²) in [5.74, 6) is 0. The molecule has 1 heterocycles. The summed E-state index contributed by atoms with van der Waals surface area (Å²) >= 11 is 3.64. The maximum atomic E-state index is 8.56. The van der Waals surface area contributed by atoms with Gasteiger partial charge in [-0.25, -0.2) is 0 Å². The second-order valence-corrected chi connectivity index (χ2v) is 10.9. The van der Waals surface area contributed by atoms with Crippen LogP contribution in [0.2, 0.25) is 0 Å². The van der Waals surface area contributed by atoms with E-state index >= 15 is 0 Å². The molecule has 0 spiro atoms. The summed E-state index contributed by atoms with van der Waals surface area (Å²) in [5, 5.41) is 17.1. The van der Waals surface area contributed by atoms with Crippen molar-refractivity contribution < 1.29 is 29.0 Å². The molecule has 41 heavy (non-hydrogen) atoms. The van der Waals surface area contributed by atoms with Gasteiger partial charge < -0.3 is 10.2 Å². The van der Waals surface area contributed by atoms with E-state index in [1.165, 1.54) is 0 Å². The van der Waals surface area contributed by atoms with E-state index < -0.39 is 0 Å². The number of nitrogens with zero attached hydrogens (tertiary/aromatic N) is 4. The van der Waals surface area contributed by atoms with Crippen molar-refractivity contribution >= 4 is 40.7 Å². The van der Waals surface area contributed by atoms with Crippen LogP contribution in [-0.2, 0) is 18.7 Å². The molecule has 0 aliphatic carbocycles. The van der Waals surface area contributed by atoms with Gasteiger partial charge in [0.05, 0.1) is 12.2 Å². The zero-order valence-corrected chi connectivity index (χ0v) is 25.5. The van der Waals surface area contributed by atoms with E-state index in [1.54, 1.807) is 13.8 Å². The SMILES string of the molecule is CC(O)CC(C)O.CN(B1B(N(C)c2ccccc2)N(c2ccccc2)[C](=[Pd])N1c1[c-]cccc1)c1ccccc1. The van der Waals surface area contributed by atoms with Crippen molar-refractivity contribution in [1.29, 1.82) is 0 Å². The van der Waals surface area contributed by atoms with E-state index in [0.29, 0.717) is 6.42 Å². The van der Waals surface area contributed by atoms with Crippen molar-refractivity contribution in [1.82, 2.24) is 0 Å². The van der Waals surface area contributed by atoms with Gasteiger partial charge >= 0.3 is 214 Å². The van der Waals surface area contributed by atoms with Crippen molar-refractivity contribution in [2.75, 3.05) is 33.3 Å². The van der Waals surface area contributed by atoms with E-state index in [4.69, 9.17) is 10.2 Å². The zero-order valence-electron chi connectivity index (χ0n) is 24.0. The Morgan fingerprint density at radius 3 is 1.54 bits per heavy atom. The minimum absolute atomic E-state index is 0.0342. The van der Waals surface area contributed by atoms with Crippen LogP contribution < -0.4 is 19.2 Å². The van der Waals surface area contributed by atoms with Crippen LogP contribution in [0.3, 0.4) is 0 Å². The van der Waals surface area contributed by atoms with E-state index in [0.717, 1.165) is 27.0 Å². The number of rotatable bonds is 8. The quantitative estimate of drug-likeness (QED) is 0.212. The molecule has 1 aliphatic heterocycles. The Balaban J connectivity index is 0.000000493. The number of hydrogen-bond donors (Lipinski definition) is 2. The molecule has 2 atom stereocenters. The second-order valence-electron chi connectivity index (χ2n) is 10.2. The average molecular weight is 638 g/mol. The van der Waals surface area contributed by atoms with Crippen LogP contribution in [0.5, 0.6) is 0 Å². The van der Waals surface area contributed by atoms with Crippen molar-refractivity contribution in [3.05, 3.63) is 121 Å². The fraction of sp³-hybridized carbons (Fsp3) is 0.219. The molecular formula is C32H37B2N4O2Pd-. The molecular weight excluding hydrogens is 600 g/mol. The molecule has 4 aromatic rings. The molecule has 0 bridgehead atoms. The molecule has 5 rings (SSSR count). The van der Waals surface area contributed by atoms with Gasteiger partial charge in [0.25, 0.3) is 0 Å². The molecule has 0 aromatic heterocycles. The number of anilines is 4. The van der Waals surface area contributed by atoms with Gasteiger partial charge in [-0.1, -0.05) is 0 Å². The van der Waals surface area contributed by atoms with E-state index in [9.17, 15) is 0 Å². The molecule has 6 nitrogen and oxygen atoms in total. The Kier molecular flexibility index (Phi) is 10.8. The maximum absolute atomic E-state index is 8.56. The van der Waals surface area contributed by atoms with Crippen molar-refractivity contribution in [2.24, 2.45) is 0 Å². The topological polar surface area (TPSA) is 53.4 Å². The molecule has 214 valence electrons. The van der Waals surface area contributed by atoms with Crippen LogP contribution in [-0.4, -0.2) is 54.5 Å². The van der Waals surface area contributed by atoms with Crippen molar-refractivity contribution in [3.63, 3.8) is 0 Å². The predicted octanol–water partition coefficient (Wildman–Crippen LogP) is 4.91. The van der Waals surface area contributed by atoms with Crippen LogP contribution in [0.25, 0.3) is 0 Å². The monoisotopic (exact) mass is 637 g/mol. The number of para-hydroxylation sites is 4. The first-order valence-corrected chi connectivity index (χ1v) is 14.6. The standard InChI is InChI=1S/C27H25B2N4.C5H12O2.Pd/c1-30(24-15-7-3-8-16-24)28-29(31(2)25-17-9-4-10-18-25)33(27-21-13-6-14-22-27)23-32(28)26-19-11-5-12-20-26;1-4(6)3-5(2)7;/h3-21H,1-2H3;4-7H,3H2,1-2H3;/q-1;;. The van der Waals surface area contributed by atoms with Gasteiger partial charge in [-0.05, 0) is 20.3 Å². The van der Waals surface area contributed by atoms with E-state index in [2.05, 4.69) is 161 Å². The minimum atomic E-state index is -0.375. The summed E-state index contributed by atoms with van der Waals surface area (Å²) in [6.45, 7) is 3.24. The van der Waals surface area contributed by atoms with Crippen LogP contribution in [0.1, 0.15) is 20.3 Å². The van der Waals surface area contributed by atoms with Crippen molar-refractivity contribution in [3.8, 4) is 0 Å². The third-order valence-electron chi connectivity index (χ3n) is 6.95. The van der Waals surface area contributed by atoms with Gasteiger partial charge in [0.2, 0.25) is 0 Å². The molecule has 1 saturated heterocycles. The molecule has 1 aliphatic rings. The van der Waals surface area contributed by atoms with Crippen molar-refractivity contribution in [2.45, 2.75) is 32.5 Å². The molecule has 0 amide bonds. The summed E-state index contributed by atoms with van der Waals surface area (Å²) < 4.78 is 1.01. The number of benzene rings is 4. The summed E-state index contributed by atoms with van der Waals surface area (Å²) in [7, 11) is 4.34. The van der Waals surface area contributed by atoms with E-state index in [-0.39, 0.29) is 26.0 Å². The van der Waals surface area contributed by atoms with Gasteiger partial charge in [-0.2, -0.15) is 0 Å². The molecule has 2 unspecified atom stereocenters. The van der Waals surface area contributed by atoms with Gasteiger partial charge in [-0.15, -0.1) is 0 Å². The third kappa shape index (κ3) is 7.49. The van der Waals surface area contributed by atoms with Gasteiger partial charge in [0.1, 0.15) is 0 Å². The number of hydrogen-bond acceptors (Lipinski definition) is 6. The summed E-state index contributed by atoms with van der Waals surface area (Å²) in [5.41, 5.74) is 4.45. The molecule has 9 heteroatoms. The molecule has 4 aromatic carbocycles. The number of aliphatic hydroxyl groups excluding tert-OH is 2. The first-order chi connectivity index (χ1) is 19.8. The van der Waals surface area contributed by atoms with Crippen LogP contribution in [0.15, 0.2) is 115 Å². The first kappa shape index (κ1) is 30.6. The Hall–Kier alpha value is -3.34. The molecule has 1 fully saturated rings. The Morgan fingerprint density at radius 2 is 1.12 bits per heavy atom. The summed E-state index contributed by atoms with van der Waals surface area (Å²) in [4.78, 5) is 9.42. The van der Waals surface area contributed by atoms with Gasteiger partial charge in [0, 0.05) is 0 Å². The third-order valence-corrected chi connectivity index (χ3v) is 7.70. The van der Waals surface area contributed by atoms with E-state index in [1.807, 2.05) is 12.1 Å².